The average molecular weight is 348 g/mol. The Hall–Kier alpha value is -2.90. The Bertz CT molecular complexity index is 681. The van der Waals surface area contributed by atoms with E-state index in [1.807, 2.05) is 24.3 Å². The third-order valence-corrected chi connectivity index (χ3v) is 3.23. The van der Waals surface area contributed by atoms with Crippen molar-refractivity contribution in [1.82, 2.24) is 0 Å². The van der Waals surface area contributed by atoms with Crippen LogP contribution in [0.3, 0.4) is 0 Å². The minimum atomic E-state index is 0.233. The SMILES string of the molecule is CN=C(OC)/C(=N/OC)c1ccccc1CO/N=C(C)/C(C)=N/OC. The number of oxime groups is 3. The molecule has 0 atom stereocenters. The van der Waals surface area contributed by atoms with Crippen LogP contribution in [-0.2, 0) is 25.9 Å². The van der Waals surface area contributed by atoms with E-state index in [4.69, 9.17) is 19.2 Å². The van der Waals surface area contributed by atoms with Crippen LogP contribution in [0.1, 0.15) is 25.0 Å². The van der Waals surface area contributed by atoms with Crippen molar-refractivity contribution >= 4 is 23.0 Å². The minimum Gasteiger partial charge on any atom is -0.480 e. The van der Waals surface area contributed by atoms with Crippen molar-refractivity contribution in [3.8, 4) is 0 Å². The molecule has 8 nitrogen and oxygen atoms in total. The van der Waals surface area contributed by atoms with Gasteiger partial charge in [-0.05, 0) is 13.8 Å². The number of hydrogen-bond acceptors (Lipinski definition) is 8. The molecule has 0 saturated carbocycles. The van der Waals surface area contributed by atoms with E-state index in [-0.39, 0.29) is 6.61 Å². The molecule has 0 amide bonds. The molecule has 0 aliphatic rings. The molecule has 1 rings (SSSR count). The molecule has 0 saturated heterocycles. The Morgan fingerprint density at radius 3 is 2.16 bits per heavy atom. The van der Waals surface area contributed by atoms with Gasteiger partial charge in [0.1, 0.15) is 32.2 Å². The Balaban J connectivity index is 3.06. The lowest BCUT2D eigenvalue weighted by Gasteiger charge is -2.12. The molecule has 0 spiro atoms. The van der Waals surface area contributed by atoms with Gasteiger partial charge in [0, 0.05) is 18.2 Å². The lowest BCUT2D eigenvalue weighted by molar-refractivity contribution is 0.130. The van der Waals surface area contributed by atoms with Gasteiger partial charge in [-0.3, -0.25) is 4.99 Å². The summed E-state index contributed by atoms with van der Waals surface area (Å²) in [6.07, 6.45) is 0. The third kappa shape index (κ3) is 5.91. The highest BCUT2D eigenvalue weighted by Gasteiger charge is 2.17. The van der Waals surface area contributed by atoms with Crippen molar-refractivity contribution in [2.45, 2.75) is 20.5 Å². The monoisotopic (exact) mass is 348 g/mol. The van der Waals surface area contributed by atoms with Crippen molar-refractivity contribution in [1.29, 1.82) is 0 Å². The summed E-state index contributed by atoms with van der Waals surface area (Å²) in [5.74, 6) is 0.358. The molecule has 0 aliphatic carbocycles. The smallest absolute Gasteiger partial charge is 0.238 e. The molecule has 136 valence electrons. The number of benzene rings is 1. The van der Waals surface area contributed by atoms with Crippen LogP contribution in [0.2, 0.25) is 0 Å². The van der Waals surface area contributed by atoms with E-state index in [0.29, 0.717) is 23.0 Å². The van der Waals surface area contributed by atoms with E-state index in [1.165, 1.54) is 21.3 Å². The molecule has 0 N–H and O–H groups in total. The van der Waals surface area contributed by atoms with E-state index < -0.39 is 0 Å². The zero-order valence-corrected chi connectivity index (χ0v) is 15.4. The van der Waals surface area contributed by atoms with Crippen LogP contribution in [0.4, 0.5) is 0 Å². The van der Waals surface area contributed by atoms with E-state index in [0.717, 1.165) is 11.1 Å². The van der Waals surface area contributed by atoms with Gasteiger partial charge >= 0.3 is 0 Å². The van der Waals surface area contributed by atoms with E-state index >= 15 is 0 Å². The first kappa shape index (κ1) is 20.1. The molecule has 0 aliphatic heterocycles. The highest BCUT2D eigenvalue weighted by Crippen LogP contribution is 2.14. The summed E-state index contributed by atoms with van der Waals surface area (Å²) in [6, 6.07) is 7.58. The normalized spacial score (nSPS) is 13.5. The quantitative estimate of drug-likeness (QED) is 0.410. The summed E-state index contributed by atoms with van der Waals surface area (Å²) >= 11 is 0. The van der Waals surface area contributed by atoms with Crippen LogP contribution in [0, 0.1) is 0 Å². The predicted octanol–water partition coefficient (Wildman–Crippen LogP) is 2.63. The van der Waals surface area contributed by atoms with E-state index in [2.05, 4.69) is 20.5 Å². The molecule has 0 heterocycles. The van der Waals surface area contributed by atoms with Crippen molar-refractivity contribution in [2.75, 3.05) is 28.4 Å². The summed E-state index contributed by atoms with van der Waals surface area (Å²) in [7, 11) is 6.09. The van der Waals surface area contributed by atoms with Gasteiger partial charge in [-0.25, -0.2) is 0 Å². The van der Waals surface area contributed by atoms with Gasteiger partial charge in [-0.2, -0.15) is 0 Å². The summed E-state index contributed by atoms with van der Waals surface area (Å²) in [5.41, 5.74) is 3.37. The van der Waals surface area contributed by atoms with Crippen LogP contribution in [0.25, 0.3) is 0 Å². The molecule has 25 heavy (non-hydrogen) atoms. The number of methoxy groups -OCH3 is 1. The Morgan fingerprint density at radius 2 is 1.56 bits per heavy atom. The van der Waals surface area contributed by atoms with Crippen molar-refractivity contribution in [3.63, 3.8) is 0 Å². The molecular weight excluding hydrogens is 324 g/mol. The summed E-state index contributed by atoms with van der Waals surface area (Å²) in [6.45, 7) is 3.80. The van der Waals surface area contributed by atoms with Crippen molar-refractivity contribution in [2.24, 2.45) is 20.5 Å². The maximum atomic E-state index is 5.44. The molecule has 0 radical (unpaired) electrons. The van der Waals surface area contributed by atoms with Crippen LogP contribution in [0.5, 0.6) is 0 Å². The first-order valence-corrected chi connectivity index (χ1v) is 7.54. The molecule has 0 unspecified atom stereocenters. The summed E-state index contributed by atoms with van der Waals surface area (Å²) in [4.78, 5) is 19.2. The van der Waals surface area contributed by atoms with Crippen molar-refractivity contribution in [3.05, 3.63) is 35.4 Å². The largest absolute Gasteiger partial charge is 0.480 e. The number of nitrogens with zero attached hydrogens (tertiary/aromatic N) is 4. The van der Waals surface area contributed by atoms with Crippen LogP contribution in [0.15, 0.2) is 44.7 Å². The Labute approximate surface area is 147 Å². The molecule has 0 bridgehead atoms. The fourth-order valence-corrected chi connectivity index (χ4v) is 1.93. The molecule has 1 aromatic carbocycles. The lowest BCUT2D eigenvalue weighted by Crippen LogP contribution is -2.20. The Kier molecular flexibility index (Phi) is 8.70. The zero-order chi connectivity index (χ0) is 18.7. The van der Waals surface area contributed by atoms with Gasteiger partial charge in [-0.1, -0.05) is 39.7 Å². The number of ether oxygens (including phenoxy) is 1. The number of hydrogen-bond donors (Lipinski definition) is 0. The third-order valence-electron chi connectivity index (χ3n) is 3.23. The van der Waals surface area contributed by atoms with Gasteiger partial charge in [0.2, 0.25) is 5.90 Å². The van der Waals surface area contributed by atoms with E-state index in [1.54, 1.807) is 20.9 Å². The molecular formula is C17H24N4O4. The maximum Gasteiger partial charge on any atom is 0.238 e. The molecule has 0 aromatic heterocycles. The van der Waals surface area contributed by atoms with Gasteiger partial charge in [0.25, 0.3) is 0 Å². The van der Waals surface area contributed by atoms with Gasteiger partial charge in [0.05, 0.1) is 7.11 Å². The highest BCUT2D eigenvalue weighted by atomic mass is 16.6. The first-order valence-electron chi connectivity index (χ1n) is 7.54. The van der Waals surface area contributed by atoms with Crippen molar-refractivity contribution < 1.29 is 19.2 Å². The Morgan fingerprint density at radius 1 is 0.920 bits per heavy atom. The average Bonchev–Trinajstić information content (AvgIpc) is 2.62. The number of rotatable bonds is 8. The predicted molar refractivity (Wildman–Crippen MR) is 98.4 cm³/mol. The van der Waals surface area contributed by atoms with Crippen LogP contribution < -0.4 is 0 Å². The summed E-state index contributed by atoms with van der Waals surface area (Å²) < 4.78 is 5.27. The standard InChI is InChI=1S/C17H24N4O4/c1-12(19-23-5)13(2)20-25-11-14-9-7-8-10-15(14)16(21-24-6)17(18-3)22-4/h7-10H,11H2,1-6H3/b18-17?,19-12+,20-13+,21-16+. The second kappa shape index (κ2) is 10.8. The zero-order valence-electron chi connectivity index (χ0n) is 15.4. The fourth-order valence-electron chi connectivity index (χ4n) is 1.93. The minimum absolute atomic E-state index is 0.233. The fraction of sp³-hybridized carbons (Fsp3) is 0.412. The lowest BCUT2D eigenvalue weighted by atomic mass is 10.0. The summed E-state index contributed by atoms with van der Waals surface area (Å²) in [5, 5.41) is 11.9. The van der Waals surface area contributed by atoms with E-state index in [9.17, 15) is 0 Å². The van der Waals surface area contributed by atoms with Crippen LogP contribution in [-0.4, -0.2) is 51.4 Å². The van der Waals surface area contributed by atoms with Gasteiger partial charge in [-0.15, -0.1) is 0 Å². The molecule has 0 fully saturated rings. The molecule has 8 heteroatoms. The first-order chi connectivity index (χ1) is 12.1. The topological polar surface area (TPSA) is 86.4 Å². The maximum absolute atomic E-state index is 5.44. The van der Waals surface area contributed by atoms with Gasteiger partial charge < -0.3 is 19.2 Å². The van der Waals surface area contributed by atoms with Gasteiger partial charge in [0.15, 0.2) is 5.71 Å². The van der Waals surface area contributed by atoms with Crippen LogP contribution >= 0.6 is 0 Å². The second-order valence-corrected chi connectivity index (χ2v) is 4.82. The molecule has 1 aromatic rings. The number of aliphatic imine (C=N–C) groups is 1. The second-order valence-electron chi connectivity index (χ2n) is 4.82. The highest BCUT2D eigenvalue weighted by molar-refractivity contribution is 6.45.